The zero-order chi connectivity index (χ0) is 23.2. The number of hydrazone groups is 1. The summed E-state index contributed by atoms with van der Waals surface area (Å²) in [6.07, 6.45) is 1.34. The van der Waals surface area contributed by atoms with Gasteiger partial charge in [0, 0.05) is 11.1 Å². The standard InChI is InChI=1S/C26H22N2O5/c1-32-24-13-18(12-23(29)25(24)30)15-27-28-26(31)20-8-6-17(7-9-20)16-33-22-11-10-19-4-2-3-5-21(19)14-22/h2-15,29-30H,16H2,1H3,(H,28,31)/b27-15+. The molecule has 0 aliphatic rings. The maximum absolute atomic E-state index is 12.3. The molecule has 0 aliphatic heterocycles. The molecule has 1 amide bonds. The summed E-state index contributed by atoms with van der Waals surface area (Å²) in [4.78, 5) is 12.3. The fourth-order valence-corrected chi connectivity index (χ4v) is 3.25. The van der Waals surface area contributed by atoms with E-state index in [-0.39, 0.29) is 23.2 Å². The van der Waals surface area contributed by atoms with Crippen LogP contribution in [0.4, 0.5) is 0 Å². The van der Waals surface area contributed by atoms with Crippen molar-refractivity contribution in [1.82, 2.24) is 5.43 Å². The van der Waals surface area contributed by atoms with Crippen LogP contribution in [0.1, 0.15) is 21.5 Å². The number of fused-ring (bicyclic) bond motifs is 1. The minimum absolute atomic E-state index is 0.101. The van der Waals surface area contributed by atoms with Crippen LogP contribution in [0, 0.1) is 0 Å². The van der Waals surface area contributed by atoms with Gasteiger partial charge in [-0.25, -0.2) is 5.43 Å². The van der Waals surface area contributed by atoms with E-state index in [0.717, 1.165) is 22.1 Å². The van der Waals surface area contributed by atoms with Gasteiger partial charge in [-0.05, 0) is 52.7 Å². The first-order valence-corrected chi connectivity index (χ1v) is 10.2. The second-order valence-corrected chi connectivity index (χ2v) is 7.28. The Labute approximate surface area is 190 Å². The molecule has 0 aliphatic carbocycles. The predicted octanol–water partition coefficient (Wildman–Crippen LogP) is 4.60. The molecule has 0 saturated carbocycles. The van der Waals surface area contributed by atoms with Gasteiger partial charge in [-0.2, -0.15) is 5.10 Å². The van der Waals surface area contributed by atoms with Crippen molar-refractivity contribution in [3.8, 4) is 23.0 Å². The van der Waals surface area contributed by atoms with Gasteiger partial charge in [0.15, 0.2) is 11.5 Å². The lowest BCUT2D eigenvalue weighted by molar-refractivity contribution is 0.0955. The number of hydrogen-bond acceptors (Lipinski definition) is 6. The number of nitrogens with one attached hydrogen (secondary N) is 1. The van der Waals surface area contributed by atoms with Crippen molar-refractivity contribution in [2.45, 2.75) is 6.61 Å². The van der Waals surface area contributed by atoms with Gasteiger partial charge < -0.3 is 19.7 Å². The van der Waals surface area contributed by atoms with Gasteiger partial charge in [-0.1, -0.05) is 42.5 Å². The highest BCUT2D eigenvalue weighted by Crippen LogP contribution is 2.35. The van der Waals surface area contributed by atoms with Crippen LogP contribution < -0.4 is 14.9 Å². The van der Waals surface area contributed by atoms with Gasteiger partial charge in [-0.3, -0.25) is 4.79 Å². The molecule has 7 heteroatoms. The maximum Gasteiger partial charge on any atom is 0.271 e. The van der Waals surface area contributed by atoms with Crippen LogP contribution in [0.15, 0.2) is 84.0 Å². The van der Waals surface area contributed by atoms with E-state index in [1.807, 2.05) is 48.5 Å². The summed E-state index contributed by atoms with van der Waals surface area (Å²) in [6, 6.07) is 23.9. The highest BCUT2D eigenvalue weighted by Gasteiger charge is 2.09. The number of amides is 1. The number of nitrogens with zero attached hydrogens (tertiary/aromatic N) is 1. The third-order valence-electron chi connectivity index (χ3n) is 5.02. The molecule has 0 spiro atoms. The van der Waals surface area contributed by atoms with Gasteiger partial charge in [0.1, 0.15) is 12.4 Å². The zero-order valence-corrected chi connectivity index (χ0v) is 17.9. The smallest absolute Gasteiger partial charge is 0.271 e. The van der Waals surface area contributed by atoms with Crippen LogP contribution >= 0.6 is 0 Å². The Bertz CT molecular complexity index is 1320. The molecule has 7 nitrogen and oxygen atoms in total. The Morgan fingerprint density at radius 1 is 0.970 bits per heavy atom. The zero-order valence-electron chi connectivity index (χ0n) is 17.9. The number of carbonyl (C=O) groups excluding carboxylic acids is 1. The number of hydrogen-bond donors (Lipinski definition) is 3. The molecule has 166 valence electrons. The molecule has 0 bridgehead atoms. The molecule has 4 aromatic carbocycles. The van der Waals surface area contributed by atoms with Crippen molar-refractivity contribution < 1.29 is 24.5 Å². The third-order valence-corrected chi connectivity index (χ3v) is 5.02. The summed E-state index contributed by atoms with van der Waals surface area (Å²) >= 11 is 0. The molecule has 0 fully saturated rings. The van der Waals surface area contributed by atoms with Crippen LogP contribution in [0.25, 0.3) is 10.8 Å². The molecule has 33 heavy (non-hydrogen) atoms. The molecule has 0 atom stereocenters. The second-order valence-electron chi connectivity index (χ2n) is 7.28. The third kappa shape index (κ3) is 5.22. The molecule has 0 radical (unpaired) electrons. The number of aromatic hydroxyl groups is 2. The van der Waals surface area contributed by atoms with E-state index in [1.165, 1.54) is 25.5 Å². The molecule has 0 saturated heterocycles. The molecule has 4 rings (SSSR count). The fourth-order valence-electron chi connectivity index (χ4n) is 3.25. The minimum atomic E-state index is -0.386. The van der Waals surface area contributed by atoms with Crippen molar-refractivity contribution in [2.75, 3.05) is 7.11 Å². The van der Waals surface area contributed by atoms with E-state index in [9.17, 15) is 15.0 Å². The lowest BCUT2D eigenvalue weighted by Crippen LogP contribution is -2.17. The van der Waals surface area contributed by atoms with Crippen LogP contribution in [0.2, 0.25) is 0 Å². The number of carbonyl (C=O) groups is 1. The van der Waals surface area contributed by atoms with Crippen LogP contribution in [0.3, 0.4) is 0 Å². The lowest BCUT2D eigenvalue weighted by atomic mass is 10.1. The van der Waals surface area contributed by atoms with Crippen LogP contribution in [-0.4, -0.2) is 29.4 Å². The van der Waals surface area contributed by atoms with E-state index in [0.29, 0.717) is 17.7 Å². The van der Waals surface area contributed by atoms with Crippen molar-refractivity contribution in [3.63, 3.8) is 0 Å². The van der Waals surface area contributed by atoms with Gasteiger partial charge in [0.25, 0.3) is 5.91 Å². The van der Waals surface area contributed by atoms with Crippen molar-refractivity contribution in [1.29, 1.82) is 0 Å². The summed E-state index contributed by atoms with van der Waals surface area (Å²) in [5.74, 6) is -0.207. The molecule has 0 aromatic heterocycles. The Morgan fingerprint density at radius 3 is 2.48 bits per heavy atom. The van der Waals surface area contributed by atoms with Crippen LogP contribution in [-0.2, 0) is 6.61 Å². The Hall–Kier alpha value is -4.52. The largest absolute Gasteiger partial charge is 0.504 e. The lowest BCUT2D eigenvalue weighted by Gasteiger charge is -2.08. The van der Waals surface area contributed by atoms with Crippen molar-refractivity contribution >= 4 is 22.9 Å². The van der Waals surface area contributed by atoms with Gasteiger partial charge in [-0.15, -0.1) is 0 Å². The normalized spacial score (nSPS) is 10.9. The van der Waals surface area contributed by atoms with Crippen molar-refractivity contribution in [2.24, 2.45) is 5.10 Å². The fraction of sp³-hybridized carbons (Fsp3) is 0.0769. The quantitative estimate of drug-likeness (QED) is 0.221. The maximum atomic E-state index is 12.3. The molecule has 4 aromatic rings. The van der Waals surface area contributed by atoms with Gasteiger partial charge >= 0.3 is 0 Å². The molecule has 0 unspecified atom stereocenters. The summed E-state index contributed by atoms with van der Waals surface area (Å²) in [7, 11) is 1.37. The average Bonchev–Trinajstić information content (AvgIpc) is 2.85. The average molecular weight is 442 g/mol. The van der Waals surface area contributed by atoms with E-state index in [1.54, 1.807) is 12.1 Å². The Kier molecular flexibility index (Phi) is 6.40. The number of phenols is 2. The highest BCUT2D eigenvalue weighted by molar-refractivity contribution is 5.95. The topological polar surface area (TPSA) is 100 Å². The van der Waals surface area contributed by atoms with Gasteiger partial charge in [0.05, 0.1) is 13.3 Å². The van der Waals surface area contributed by atoms with Crippen LogP contribution in [0.5, 0.6) is 23.0 Å². The van der Waals surface area contributed by atoms with Gasteiger partial charge in [0.2, 0.25) is 5.75 Å². The number of phenolic OH excluding ortho intramolecular Hbond substituents is 2. The van der Waals surface area contributed by atoms with E-state index in [2.05, 4.69) is 16.6 Å². The monoisotopic (exact) mass is 442 g/mol. The molecule has 0 heterocycles. The second kappa shape index (κ2) is 9.74. The molecular formula is C26H22N2O5. The highest BCUT2D eigenvalue weighted by atomic mass is 16.5. The Balaban J connectivity index is 1.34. The summed E-state index contributed by atoms with van der Waals surface area (Å²) in [5, 5.41) is 25.5. The first-order valence-electron chi connectivity index (χ1n) is 10.2. The van der Waals surface area contributed by atoms with E-state index in [4.69, 9.17) is 9.47 Å². The van der Waals surface area contributed by atoms with Crippen molar-refractivity contribution in [3.05, 3.63) is 95.6 Å². The first-order chi connectivity index (χ1) is 16.0. The summed E-state index contributed by atoms with van der Waals surface area (Å²) in [6.45, 7) is 0.380. The molecule has 3 N–H and O–H groups in total. The first kappa shape index (κ1) is 21.7. The number of ether oxygens (including phenoxy) is 2. The summed E-state index contributed by atoms with van der Waals surface area (Å²) in [5.41, 5.74) is 4.24. The van der Waals surface area contributed by atoms with E-state index >= 15 is 0 Å². The number of benzene rings is 4. The summed E-state index contributed by atoms with van der Waals surface area (Å²) < 4.78 is 10.9. The predicted molar refractivity (Wildman–Crippen MR) is 126 cm³/mol. The number of rotatable bonds is 7. The SMILES string of the molecule is COc1cc(/C=N/NC(=O)c2ccc(COc3ccc4ccccc4c3)cc2)cc(O)c1O. The minimum Gasteiger partial charge on any atom is -0.504 e. The number of methoxy groups -OCH3 is 1. The Morgan fingerprint density at radius 2 is 1.73 bits per heavy atom. The molecular weight excluding hydrogens is 420 g/mol. The van der Waals surface area contributed by atoms with E-state index < -0.39 is 0 Å².